The number of benzene rings is 1. The van der Waals surface area contributed by atoms with Crippen LogP contribution in [0.3, 0.4) is 0 Å². The predicted molar refractivity (Wildman–Crippen MR) is 157 cm³/mol. The van der Waals surface area contributed by atoms with Crippen LogP contribution in [0, 0.1) is 5.92 Å². The maximum atomic E-state index is 13.3. The summed E-state index contributed by atoms with van der Waals surface area (Å²) in [7, 11) is -1.82. The quantitative estimate of drug-likeness (QED) is 0.473. The van der Waals surface area contributed by atoms with E-state index < -0.39 is 9.84 Å². The van der Waals surface area contributed by atoms with Crippen LogP contribution in [0.4, 0.5) is 0 Å². The highest BCUT2D eigenvalue weighted by molar-refractivity contribution is 7.94. The molecule has 2 amide bonds. The topological polar surface area (TPSA) is 96.0 Å². The van der Waals surface area contributed by atoms with Crippen molar-refractivity contribution >= 4 is 33.3 Å². The van der Waals surface area contributed by atoms with Gasteiger partial charge in [0.1, 0.15) is 0 Å². The molecule has 0 radical (unpaired) electrons. The van der Waals surface area contributed by atoms with Crippen LogP contribution in [0.25, 0.3) is 0 Å². The van der Waals surface area contributed by atoms with E-state index in [-0.39, 0.29) is 28.7 Å². The molecular weight excluding hydrogens is 550 g/mol. The molecular formula is C30H40ClN3O5S. The Hall–Kier alpha value is -2.62. The van der Waals surface area contributed by atoms with E-state index in [1.54, 1.807) is 43.5 Å². The molecule has 10 heteroatoms. The fourth-order valence-corrected chi connectivity index (χ4v) is 6.86. The first-order valence-corrected chi connectivity index (χ1v) is 16.3. The number of carbonyl (C=O) groups excluding carboxylic acids is 2. The van der Waals surface area contributed by atoms with Gasteiger partial charge in [0, 0.05) is 50.0 Å². The minimum atomic E-state index is -3.50. The summed E-state index contributed by atoms with van der Waals surface area (Å²) in [5.41, 5.74) is 2.79. The summed E-state index contributed by atoms with van der Waals surface area (Å²) in [5, 5.41) is 3.44. The van der Waals surface area contributed by atoms with E-state index in [1.807, 2.05) is 11.8 Å². The second-order valence-corrected chi connectivity index (χ2v) is 13.5. The number of nitrogens with one attached hydrogen (secondary N) is 1. The van der Waals surface area contributed by atoms with Crippen LogP contribution in [0.5, 0.6) is 0 Å². The van der Waals surface area contributed by atoms with E-state index >= 15 is 0 Å². The van der Waals surface area contributed by atoms with Crippen molar-refractivity contribution in [3.05, 3.63) is 68.9 Å². The molecule has 0 spiro atoms. The average molecular weight is 590 g/mol. The molecule has 3 aliphatic rings. The molecule has 2 heterocycles. The Balaban J connectivity index is 1.53. The molecule has 2 saturated heterocycles. The predicted octanol–water partition coefficient (Wildman–Crippen LogP) is 4.69. The lowest BCUT2D eigenvalue weighted by Crippen LogP contribution is -2.41. The first-order chi connectivity index (χ1) is 19.1. The summed E-state index contributed by atoms with van der Waals surface area (Å²) in [6, 6.07) is 6.84. The van der Waals surface area contributed by atoms with E-state index in [9.17, 15) is 18.0 Å². The van der Waals surface area contributed by atoms with Crippen molar-refractivity contribution in [3.63, 3.8) is 0 Å². The Morgan fingerprint density at radius 3 is 2.58 bits per heavy atom. The Labute approximate surface area is 243 Å². The Morgan fingerprint density at radius 2 is 1.90 bits per heavy atom. The number of amides is 2. The van der Waals surface area contributed by atoms with Gasteiger partial charge in [-0.15, -0.1) is 0 Å². The SMILES string of the molecule is COCC1CCCN1C(=O)CC1CCN(C2=C(C)CCC=C(S(C)(=O)=O)C=C2NC(=O)c2cccc(Cl)c2)CC1. The summed E-state index contributed by atoms with van der Waals surface area (Å²) in [5.74, 6) is 0.128. The minimum Gasteiger partial charge on any atom is -0.383 e. The molecule has 1 aromatic rings. The third-order valence-electron chi connectivity index (χ3n) is 8.02. The fourth-order valence-electron chi connectivity index (χ4n) is 5.92. The number of halogens is 1. The summed E-state index contributed by atoms with van der Waals surface area (Å²) >= 11 is 6.12. The number of nitrogens with zero attached hydrogens (tertiary/aromatic N) is 2. The zero-order chi connectivity index (χ0) is 28.9. The first-order valence-electron chi connectivity index (χ1n) is 14.0. The monoisotopic (exact) mass is 589 g/mol. The Bertz CT molecular complexity index is 1310. The smallest absolute Gasteiger partial charge is 0.255 e. The normalized spacial score (nSPS) is 21.1. The summed E-state index contributed by atoms with van der Waals surface area (Å²) < 4.78 is 30.4. The lowest BCUT2D eigenvalue weighted by atomic mass is 9.91. The van der Waals surface area contributed by atoms with Gasteiger partial charge in [-0.3, -0.25) is 9.59 Å². The molecule has 1 unspecified atom stereocenters. The lowest BCUT2D eigenvalue weighted by molar-refractivity contribution is -0.134. The number of hydrogen-bond acceptors (Lipinski definition) is 6. The van der Waals surface area contributed by atoms with E-state index in [2.05, 4.69) is 10.2 Å². The van der Waals surface area contributed by atoms with Gasteiger partial charge in [-0.25, -0.2) is 8.42 Å². The van der Waals surface area contributed by atoms with Crippen LogP contribution < -0.4 is 5.32 Å². The van der Waals surface area contributed by atoms with Gasteiger partial charge in [0.2, 0.25) is 5.91 Å². The molecule has 1 aliphatic carbocycles. The van der Waals surface area contributed by atoms with Gasteiger partial charge < -0.3 is 19.9 Å². The molecule has 0 bridgehead atoms. The largest absolute Gasteiger partial charge is 0.383 e. The number of piperidine rings is 1. The van der Waals surface area contributed by atoms with Gasteiger partial charge in [-0.2, -0.15) is 0 Å². The number of likely N-dealkylation sites (tertiary alicyclic amines) is 2. The zero-order valence-electron chi connectivity index (χ0n) is 23.6. The number of hydrogen-bond donors (Lipinski definition) is 1. The van der Waals surface area contributed by atoms with Gasteiger partial charge in [-0.05, 0) is 81.2 Å². The molecule has 0 aromatic heterocycles. The number of allylic oxidation sites excluding steroid dienone is 3. The highest BCUT2D eigenvalue weighted by atomic mass is 35.5. The van der Waals surface area contributed by atoms with Crippen molar-refractivity contribution in [2.75, 3.05) is 39.6 Å². The molecule has 40 heavy (non-hydrogen) atoms. The molecule has 1 atom stereocenters. The molecule has 0 saturated carbocycles. The summed E-state index contributed by atoms with van der Waals surface area (Å²) in [6.07, 6.45) is 9.97. The fraction of sp³-hybridized carbons (Fsp3) is 0.533. The van der Waals surface area contributed by atoms with E-state index in [0.717, 1.165) is 43.5 Å². The number of ether oxygens (including phenoxy) is 1. The van der Waals surface area contributed by atoms with E-state index in [0.29, 0.717) is 55.2 Å². The summed E-state index contributed by atoms with van der Waals surface area (Å²) in [6.45, 7) is 4.85. The summed E-state index contributed by atoms with van der Waals surface area (Å²) in [4.78, 5) is 30.8. The molecule has 1 aromatic carbocycles. The van der Waals surface area contributed by atoms with Crippen LogP contribution >= 0.6 is 11.6 Å². The third-order valence-corrected chi connectivity index (χ3v) is 9.40. The molecule has 2 aliphatic heterocycles. The standard InChI is InChI=1S/C30H40ClN3O5S/c1-21-7-4-11-26(40(3,37)38)19-27(32-30(36)23-8-5-9-24(31)18-23)29(21)33-15-12-22(13-16-33)17-28(35)34-14-6-10-25(34)20-39-2/h5,8-9,11,18-19,22,25H,4,6-7,10,12-17,20H2,1-3H3,(H,32,36). The van der Waals surface area contributed by atoms with Crippen LogP contribution in [0.1, 0.15) is 62.2 Å². The average Bonchev–Trinajstić information content (AvgIpc) is 3.36. The molecule has 2 fully saturated rings. The van der Waals surface area contributed by atoms with Gasteiger partial charge in [0.15, 0.2) is 9.84 Å². The maximum absolute atomic E-state index is 13.3. The number of carbonyl (C=O) groups is 2. The Kier molecular flexibility index (Phi) is 10.1. The zero-order valence-corrected chi connectivity index (χ0v) is 25.2. The highest BCUT2D eigenvalue weighted by Gasteiger charge is 2.32. The number of methoxy groups -OCH3 is 1. The van der Waals surface area contributed by atoms with Crippen molar-refractivity contribution in [3.8, 4) is 0 Å². The van der Waals surface area contributed by atoms with Crippen molar-refractivity contribution in [2.45, 2.75) is 57.9 Å². The van der Waals surface area contributed by atoms with Gasteiger partial charge >= 0.3 is 0 Å². The van der Waals surface area contributed by atoms with Gasteiger partial charge in [0.25, 0.3) is 5.91 Å². The van der Waals surface area contributed by atoms with Crippen molar-refractivity contribution < 1.29 is 22.7 Å². The number of sulfone groups is 1. The first kappa shape index (κ1) is 30.3. The van der Waals surface area contributed by atoms with E-state index in [4.69, 9.17) is 16.3 Å². The number of rotatable bonds is 8. The second kappa shape index (κ2) is 13.4. The van der Waals surface area contributed by atoms with Crippen molar-refractivity contribution in [1.82, 2.24) is 15.1 Å². The molecule has 8 nitrogen and oxygen atoms in total. The molecule has 1 N–H and O–H groups in total. The van der Waals surface area contributed by atoms with Crippen molar-refractivity contribution in [2.24, 2.45) is 5.92 Å². The minimum absolute atomic E-state index is 0.174. The van der Waals surface area contributed by atoms with Crippen LogP contribution in [-0.4, -0.2) is 75.7 Å². The van der Waals surface area contributed by atoms with Crippen LogP contribution in [0.15, 0.2) is 58.3 Å². The van der Waals surface area contributed by atoms with E-state index in [1.165, 1.54) is 6.26 Å². The lowest BCUT2D eigenvalue weighted by Gasteiger charge is -2.38. The van der Waals surface area contributed by atoms with Crippen LogP contribution in [0.2, 0.25) is 5.02 Å². The van der Waals surface area contributed by atoms with Crippen molar-refractivity contribution in [1.29, 1.82) is 0 Å². The van der Waals surface area contributed by atoms with Gasteiger partial charge in [0.05, 0.1) is 28.9 Å². The highest BCUT2D eigenvalue weighted by Crippen LogP contribution is 2.32. The maximum Gasteiger partial charge on any atom is 0.255 e. The van der Waals surface area contributed by atoms with Gasteiger partial charge in [-0.1, -0.05) is 23.7 Å². The third kappa shape index (κ3) is 7.56. The molecule has 218 valence electrons. The second-order valence-electron chi connectivity index (χ2n) is 11.0. The molecule has 4 rings (SSSR count). The Morgan fingerprint density at radius 1 is 1.15 bits per heavy atom. The van der Waals surface area contributed by atoms with Crippen LogP contribution in [-0.2, 0) is 19.4 Å².